The van der Waals surface area contributed by atoms with E-state index in [1.165, 1.54) is 0 Å². The lowest BCUT2D eigenvalue weighted by Gasteiger charge is -2.20. The Labute approximate surface area is 112 Å². The molecule has 0 aliphatic carbocycles. The Morgan fingerprint density at radius 2 is 1.94 bits per heavy atom. The zero-order chi connectivity index (χ0) is 13.3. The number of aliphatic hydroxyl groups is 2. The first-order valence-corrected chi connectivity index (χ1v) is 6.48. The summed E-state index contributed by atoms with van der Waals surface area (Å²) in [6.45, 7) is 2.90. The first kappa shape index (κ1) is 13.6. The van der Waals surface area contributed by atoms with Gasteiger partial charge in [0.25, 0.3) is 0 Å². The molecule has 1 saturated heterocycles. The standard InChI is InChI=1S/C13H19ClN2O2/c1-8(15-2)9-3-4-11(10(14)5-9)16-6-12(17)13(18)7-16/h3-5,8,12-13,15,17-18H,6-7H2,1-2H3. The predicted molar refractivity (Wildman–Crippen MR) is 73.2 cm³/mol. The van der Waals surface area contributed by atoms with Crippen molar-refractivity contribution in [2.75, 3.05) is 25.0 Å². The van der Waals surface area contributed by atoms with Crippen LogP contribution in [0.4, 0.5) is 5.69 Å². The Hall–Kier alpha value is -0.810. The number of benzene rings is 1. The molecule has 4 nitrogen and oxygen atoms in total. The van der Waals surface area contributed by atoms with Gasteiger partial charge in [-0.15, -0.1) is 0 Å². The molecular weight excluding hydrogens is 252 g/mol. The van der Waals surface area contributed by atoms with Crippen molar-refractivity contribution in [2.45, 2.75) is 25.2 Å². The molecule has 3 N–H and O–H groups in total. The molecule has 3 unspecified atom stereocenters. The lowest BCUT2D eigenvalue weighted by Crippen LogP contribution is -2.22. The van der Waals surface area contributed by atoms with E-state index in [1.807, 2.05) is 30.1 Å². The van der Waals surface area contributed by atoms with E-state index >= 15 is 0 Å². The van der Waals surface area contributed by atoms with Crippen LogP contribution >= 0.6 is 11.6 Å². The Morgan fingerprint density at radius 1 is 1.33 bits per heavy atom. The van der Waals surface area contributed by atoms with Crippen LogP contribution in [0.3, 0.4) is 0 Å². The lowest BCUT2D eigenvalue weighted by atomic mass is 10.1. The summed E-state index contributed by atoms with van der Waals surface area (Å²) < 4.78 is 0. The van der Waals surface area contributed by atoms with Crippen molar-refractivity contribution in [3.8, 4) is 0 Å². The Bertz CT molecular complexity index is 417. The summed E-state index contributed by atoms with van der Waals surface area (Å²) in [6.07, 6.45) is -1.39. The lowest BCUT2D eigenvalue weighted by molar-refractivity contribution is 0.0572. The van der Waals surface area contributed by atoms with Gasteiger partial charge in [-0.3, -0.25) is 0 Å². The second-order valence-electron chi connectivity index (χ2n) is 4.76. The summed E-state index contributed by atoms with van der Waals surface area (Å²) in [5, 5.41) is 22.9. The van der Waals surface area contributed by atoms with Crippen LogP contribution in [0.25, 0.3) is 0 Å². The number of nitrogens with zero attached hydrogens (tertiary/aromatic N) is 1. The molecule has 0 saturated carbocycles. The van der Waals surface area contributed by atoms with E-state index in [1.54, 1.807) is 0 Å². The largest absolute Gasteiger partial charge is 0.389 e. The molecule has 2 rings (SSSR count). The highest BCUT2D eigenvalue weighted by Crippen LogP contribution is 2.31. The monoisotopic (exact) mass is 270 g/mol. The zero-order valence-corrected chi connectivity index (χ0v) is 11.4. The summed E-state index contributed by atoms with van der Waals surface area (Å²) in [7, 11) is 1.90. The van der Waals surface area contributed by atoms with Gasteiger partial charge in [0.05, 0.1) is 22.9 Å². The molecule has 0 spiro atoms. The van der Waals surface area contributed by atoms with Crippen molar-refractivity contribution in [3.63, 3.8) is 0 Å². The van der Waals surface area contributed by atoms with Gasteiger partial charge in [-0.05, 0) is 31.7 Å². The molecule has 0 radical (unpaired) electrons. The average molecular weight is 271 g/mol. The summed E-state index contributed by atoms with van der Waals surface area (Å²) in [5.74, 6) is 0. The molecule has 1 aliphatic rings. The van der Waals surface area contributed by atoms with E-state index in [0.717, 1.165) is 11.3 Å². The molecule has 0 aromatic heterocycles. The number of β-amino-alcohol motifs (C(OH)–C–C–N with tert-alkyl or cyclic N) is 2. The van der Waals surface area contributed by atoms with Crippen LogP contribution < -0.4 is 10.2 Å². The predicted octanol–water partition coefficient (Wildman–Crippen LogP) is 1.16. The van der Waals surface area contributed by atoms with E-state index in [0.29, 0.717) is 18.1 Å². The van der Waals surface area contributed by atoms with Gasteiger partial charge in [-0.2, -0.15) is 0 Å². The molecule has 18 heavy (non-hydrogen) atoms. The van der Waals surface area contributed by atoms with Crippen LogP contribution in [0, 0.1) is 0 Å². The molecule has 0 bridgehead atoms. The fourth-order valence-electron chi connectivity index (χ4n) is 2.18. The molecule has 1 aromatic rings. The van der Waals surface area contributed by atoms with Crippen LogP contribution in [-0.4, -0.2) is 42.6 Å². The van der Waals surface area contributed by atoms with Crippen LogP contribution in [0.2, 0.25) is 5.02 Å². The van der Waals surface area contributed by atoms with E-state index < -0.39 is 12.2 Å². The van der Waals surface area contributed by atoms with Gasteiger partial charge in [0.1, 0.15) is 0 Å². The van der Waals surface area contributed by atoms with Crippen LogP contribution in [0.5, 0.6) is 0 Å². The van der Waals surface area contributed by atoms with Crippen molar-refractivity contribution in [1.82, 2.24) is 5.32 Å². The maximum absolute atomic E-state index is 9.56. The summed E-state index contributed by atoms with van der Waals surface area (Å²) in [6, 6.07) is 6.12. The SMILES string of the molecule is CNC(C)c1ccc(N2CC(O)C(O)C2)c(Cl)c1. The highest BCUT2D eigenvalue weighted by Gasteiger charge is 2.30. The minimum Gasteiger partial charge on any atom is -0.389 e. The smallest absolute Gasteiger partial charge is 0.0990 e. The van der Waals surface area contributed by atoms with Crippen molar-refractivity contribution in [2.24, 2.45) is 0 Å². The van der Waals surface area contributed by atoms with Crippen LogP contribution in [0.15, 0.2) is 18.2 Å². The van der Waals surface area contributed by atoms with E-state index in [2.05, 4.69) is 12.2 Å². The number of nitrogens with one attached hydrogen (secondary N) is 1. The van der Waals surface area contributed by atoms with E-state index in [9.17, 15) is 10.2 Å². The van der Waals surface area contributed by atoms with Crippen molar-refractivity contribution in [1.29, 1.82) is 0 Å². The minimum atomic E-state index is -0.697. The van der Waals surface area contributed by atoms with E-state index in [-0.39, 0.29) is 6.04 Å². The number of halogens is 1. The fourth-order valence-corrected chi connectivity index (χ4v) is 2.49. The molecule has 1 heterocycles. The molecule has 1 aliphatic heterocycles. The number of rotatable bonds is 3. The van der Waals surface area contributed by atoms with Gasteiger partial charge >= 0.3 is 0 Å². The molecule has 1 fully saturated rings. The molecule has 5 heteroatoms. The number of anilines is 1. The average Bonchev–Trinajstić information content (AvgIpc) is 2.68. The van der Waals surface area contributed by atoms with E-state index in [4.69, 9.17) is 11.6 Å². The highest BCUT2D eigenvalue weighted by molar-refractivity contribution is 6.33. The van der Waals surface area contributed by atoms with Crippen molar-refractivity contribution in [3.05, 3.63) is 28.8 Å². The van der Waals surface area contributed by atoms with Crippen molar-refractivity contribution < 1.29 is 10.2 Å². The van der Waals surface area contributed by atoms with Gasteiger partial charge in [0, 0.05) is 19.1 Å². The Morgan fingerprint density at radius 3 is 2.44 bits per heavy atom. The maximum Gasteiger partial charge on any atom is 0.0990 e. The second-order valence-corrected chi connectivity index (χ2v) is 5.17. The van der Waals surface area contributed by atoms with Gasteiger partial charge in [0.2, 0.25) is 0 Å². The first-order chi connectivity index (χ1) is 8.52. The molecule has 100 valence electrons. The van der Waals surface area contributed by atoms with Gasteiger partial charge in [-0.1, -0.05) is 17.7 Å². The molecule has 3 atom stereocenters. The quantitative estimate of drug-likeness (QED) is 0.772. The minimum absolute atomic E-state index is 0.242. The van der Waals surface area contributed by atoms with Crippen LogP contribution in [0.1, 0.15) is 18.5 Å². The second kappa shape index (κ2) is 5.45. The molecule has 1 aromatic carbocycles. The Kier molecular flexibility index (Phi) is 4.12. The summed E-state index contributed by atoms with van der Waals surface area (Å²) in [4.78, 5) is 1.91. The third-order valence-electron chi connectivity index (χ3n) is 3.50. The normalized spacial score (nSPS) is 25.5. The number of hydrogen-bond acceptors (Lipinski definition) is 4. The number of aliphatic hydroxyl groups excluding tert-OH is 2. The molecule has 0 amide bonds. The van der Waals surface area contributed by atoms with Crippen molar-refractivity contribution >= 4 is 17.3 Å². The molecular formula is C13H19ClN2O2. The van der Waals surface area contributed by atoms with Gasteiger partial charge in [0.15, 0.2) is 0 Å². The van der Waals surface area contributed by atoms with Gasteiger partial charge in [-0.25, -0.2) is 0 Å². The zero-order valence-electron chi connectivity index (χ0n) is 10.6. The fraction of sp³-hybridized carbons (Fsp3) is 0.538. The highest BCUT2D eigenvalue weighted by atomic mass is 35.5. The Balaban J connectivity index is 2.20. The first-order valence-electron chi connectivity index (χ1n) is 6.10. The third kappa shape index (κ3) is 2.62. The summed E-state index contributed by atoms with van der Waals surface area (Å²) >= 11 is 6.27. The van der Waals surface area contributed by atoms with Crippen LogP contribution in [-0.2, 0) is 0 Å². The third-order valence-corrected chi connectivity index (χ3v) is 3.81. The summed E-state index contributed by atoms with van der Waals surface area (Å²) in [5.41, 5.74) is 1.98. The number of hydrogen-bond donors (Lipinski definition) is 3. The topological polar surface area (TPSA) is 55.7 Å². The van der Waals surface area contributed by atoms with Gasteiger partial charge < -0.3 is 20.4 Å². The maximum atomic E-state index is 9.56.